The highest BCUT2D eigenvalue weighted by molar-refractivity contribution is 7.99. The van der Waals surface area contributed by atoms with Gasteiger partial charge in [-0.1, -0.05) is 18.7 Å². The molecule has 0 aromatic carbocycles. The number of hydrogen-bond donors (Lipinski definition) is 0. The number of nitrogens with zero attached hydrogens (tertiary/aromatic N) is 2. The summed E-state index contributed by atoms with van der Waals surface area (Å²) in [6.07, 6.45) is 5.21. The van der Waals surface area contributed by atoms with Crippen molar-refractivity contribution in [3.63, 3.8) is 0 Å². The average Bonchev–Trinajstić information content (AvgIpc) is 2.84. The monoisotopic (exact) mass is 272 g/mol. The average molecular weight is 272 g/mol. The van der Waals surface area contributed by atoms with Gasteiger partial charge in [-0.2, -0.15) is 0 Å². The molecule has 1 aliphatic heterocycles. The van der Waals surface area contributed by atoms with Crippen molar-refractivity contribution in [2.45, 2.75) is 50.5 Å². The van der Waals surface area contributed by atoms with Crippen LogP contribution in [-0.4, -0.2) is 35.5 Å². The van der Waals surface area contributed by atoms with Gasteiger partial charge in [-0.05, 0) is 25.7 Å². The number of thioether (sulfide) groups is 1. The van der Waals surface area contributed by atoms with Crippen LogP contribution < -0.4 is 0 Å². The largest absolute Gasteiger partial charge is 0.416 e. The second-order valence-electron chi connectivity index (χ2n) is 4.23. The Bertz CT molecular complexity index is 340. The molecular formula is C12H20N2O3S. The highest BCUT2D eigenvalue weighted by Crippen LogP contribution is 2.18. The minimum absolute atomic E-state index is 0.0160. The van der Waals surface area contributed by atoms with Gasteiger partial charge in [0, 0.05) is 18.8 Å². The fourth-order valence-electron chi connectivity index (χ4n) is 1.76. The molecule has 0 spiro atoms. The number of rotatable bonds is 7. The first kappa shape index (κ1) is 13.8. The van der Waals surface area contributed by atoms with E-state index in [0.717, 1.165) is 43.9 Å². The SMILES string of the molecule is CCCc1nnc(SCCOC2CCCCO2)o1. The quantitative estimate of drug-likeness (QED) is 0.562. The molecule has 1 unspecified atom stereocenters. The second-order valence-corrected chi connectivity index (χ2v) is 5.27. The Balaban J connectivity index is 1.59. The van der Waals surface area contributed by atoms with Gasteiger partial charge >= 0.3 is 0 Å². The van der Waals surface area contributed by atoms with Crippen LogP contribution in [-0.2, 0) is 15.9 Å². The third-order valence-corrected chi connectivity index (χ3v) is 3.45. The number of ether oxygens (including phenoxy) is 2. The molecule has 2 heterocycles. The molecule has 1 aromatic rings. The normalized spacial score (nSPS) is 20.2. The minimum Gasteiger partial charge on any atom is -0.416 e. The topological polar surface area (TPSA) is 57.4 Å². The van der Waals surface area contributed by atoms with Gasteiger partial charge in [0.05, 0.1) is 6.61 Å². The highest BCUT2D eigenvalue weighted by atomic mass is 32.2. The molecule has 18 heavy (non-hydrogen) atoms. The molecule has 102 valence electrons. The molecule has 1 aliphatic rings. The van der Waals surface area contributed by atoms with Crippen LogP contribution in [0.25, 0.3) is 0 Å². The molecule has 2 rings (SSSR count). The van der Waals surface area contributed by atoms with Gasteiger partial charge in [0.25, 0.3) is 5.22 Å². The zero-order valence-corrected chi connectivity index (χ0v) is 11.6. The van der Waals surface area contributed by atoms with E-state index in [4.69, 9.17) is 13.9 Å². The summed E-state index contributed by atoms with van der Waals surface area (Å²) in [6, 6.07) is 0. The molecule has 0 bridgehead atoms. The lowest BCUT2D eigenvalue weighted by atomic mass is 10.2. The van der Waals surface area contributed by atoms with Gasteiger partial charge in [0.2, 0.25) is 5.89 Å². The van der Waals surface area contributed by atoms with E-state index in [2.05, 4.69) is 17.1 Å². The van der Waals surface area contributed by atoms with E-state index in [0.29, 0.717) is 11.8 Å². The molecule has 1 atom stereocenters. The van der Waals surface area contributed by atoms with Crippen molar-refractivity contribution in [3.8, 4) is 0 Å². The van der Waals surface area contributed by atoms with Gasteiger partial charge in [0.15, 0.2) is 6.29 Å². The zero-order valence-electron chi connectivity index (χ0n) is 10.8. The lowest BCUT2D eigenvalue weighted by molar-refractivity contribution is -0.158. The predicted molar refractivity (Wildman–Crippen MR) is 68.6 cm³/mol. The highest BCUT2D eigenvalue weighted by Gasteiger charge is 2.14. The molecule has 1 fully saturated rings. The number of hydrogen-bond acceptors (Lipinski definition) is 6. The molecule has 0 aliphatic carbocycles. The van der Waals surface area contributed by atoms with Crippen molar-refractivity contribution in [2.24, 2.45) is 0 Å². The maximum absolute atomic E-state index is 5.63. The molecule has 6 heteroatoms. The lowest BCUT2D eigenvalue weighted by Gasteiger charge is -2.22. The van der Waals surface area contributed by atoms with Crippen molar-refractivity contribution in [1.82, 2.24) is 10.2 Å². The maximum atomic E-state index is 5.63. The van der Waals surface area contributed by atoms with E-state index in [1.165, 1.54) is 18.2 Å². The Morgan fingerprint density at radius 1 is 1.39 bits per heavy atom. The van der Waals surface area contributed by atoms with Crippen molar-refractivity contribution in [1.29, 1.82) is 0 Å². The van der Waals surface area contributed by atoms with E-state index >= 15 is 0 Å². The predicted octanol–water partition coefficient (Wildman–Crippen LogP) is 2.66. The van der Waals surface area contributed by atoms with Crippen LogP contribution in [0.4, 0.5) is 0 Å². The van der Waals surface area contributed by atoms with Crippen molar-refractivity contribution < 1.29 is 13.9 Å². The van der Waals surface area contributed by atoms with Crippen LogP contribution in [0.15, 0.2) is 9.64 Å². The Kier molecular flexibility index (Phi) is 5.96. The summed E-state index contributed by atoms with van der Waals surface area (Å²) in [7, 11) is 0. The van der Waals surface area contributed by atoms with E-state index in [9.17, 15) is 0 Å². The van der Waals surface area contributed by atoms with Gasteiger partial charge in [-0.3, -0.25) is 0 Å². The van der Waals surface area contributed by atoms with Gasteiger partial charge in [0.1, 0.15) is 0 Å². The molecule has 1 aromatic heterocycles. The Morgan fingerprint density at radius 3 is 3.11 bits per heavy atom. The van der Waals surface area contributed by atoms with Crippen LogP contribution >= 0.6 is 11.8 Å². The number of aromatic nitrogens is 2. The van der Waals surface area contributed by atoms with Crippen molar-refractivity contribution >= 4 is 11.8 Å². The van der Waals surface area contributed by atoms with Crippen molar-refractivity contribution in [2.75, 3.05) is 19.0 Å². The Hall–Kier alpha value is -0.590. The molecular weight excluding hydrogens is 252 g/mol. The first-order valence-corrected chi connectivity index (χ1v) is 7.55. The third kappa shape index (κ3) is 4.59. The molecule has 0 radical (unpaired) electrons. The molecule has 1 saturated heterocycles. The molecule has 0 N–H and O–H groups in total. The maximum Gasteiger partial charge on any atom is 0.276 e. The Morgan fingerprint density at radius 2 is 2.33 bits per heavy atom. The van der Waals surface area contributed by atoms with Crippen LogP contribution in [0.2, 0.25) is 0 Å². The summed E-state index contributed by atoms with van der Waals surface area (Å²) in [4.78, 5) is 0. The van der Waals surface area contributed by atoms with E-state index in [-0.39, 0.29) is 6.29 Å². The number of aryl methyl sites for hydroxylation is 1. The molecule has 0 saturated carbocycles. The van der Waals surface area contributed by atoms with Gasteiger partial charge < -0.3 is 13.9 Å². The van der Waals surface area contributed by atoms with E-state index in [1.54, 1.807) is 0 Å². The molecule has 0 amide bonds. The summed E-state index contributed by atoms with van der Waals surface area (Å²) in [5.41, 5.74) is 0. The summed E-state index contributed by atoms with van der Waals surface area (Å²) < 4.78 is 16.6. The smallest absolute Gasteiger partial charge is 0.276 e. The van der Waals surface area contributed by atoms with Crippen LogP contribution in [0, 0.1) is 0 Å². The fraction of sp³-hybridized carbons (Fsp3) is 0.833. The van der Waals surface area contributed by atoms with E-state index < -0.39 is 0 Å². The van der Waals surface area contributed by atoms with Crippen molar-refractivity contribution in [3.05, 3.63) is 5.89 Å². The summed E-state index contributed by atoms with van der Waals surface area (Å²) in [5.74, 6) is 1.53. The standard InChI is InChI=1S/C12H20N2O3S/c1-2-5-10-13-14-12(17-10)18-9-8-16-11-6-3-4-7-15-11/h11H,2-9H2,1H3. The second kappa shape index (κ2) is 7.76. The molecule has 5 nitrogen and oxygen atoms in total. The summed E-state index contributed by atoms with van der Waals surface area (Å²) in [5, 5.41) is 8.58. The summed E-state index contributed by atoms with van der Waals surface area (Å²) >= 11 is 1.53. The first-order valence-electron chi connectivity index (χ1n) is 6.57. The van der Waals surface area contributed by atoms with Crippen LogP contribution in [0.3, 0.4) is 0 Å². The van der Waals surface area contributed by atoms with Crippen LogP contribution in [0.5, 0.6) is 0 Å². The van der Waals surface area contributed by atoms with Gasteiger partial charge in [-0.25, -0.2) is 0 Å². The minimum atomic E-state index is -0.0160. The van der Waals surface area contributed by atoms with E-state index in [1.807, 2.05) is 0 Å². The summed E-state index contributed by atoms with van der Waals surface area (Å²) in [6.45, 7) is 3.57. The Labute approximate surface area is 112 Å². The van der Waals surface area contributed by atoms with Crippen LogP contribution in [0.1, 0.15) is 38.5 Å². The fourth-order valence-corrected chi connectivity index (χ4v) is 2.37. The third-order valence-electron chi connectivity index (χ3n) is 2.66. The zero-order chi connectivity index (χ0) is 12.6. The van der Waals surface area contributed by atoms with Gasteiger partial charge in [-0.15, -0.1) is 10.2 Å². The first-order chi connectivity index (χ1) is 8.88. The lowest BCUT2D eigenvalue weighted by Crippen LogP contribution is -2.23.